The van der Waals surface area contributed by atoms with E-state index in [1.54, 1.807) is 24.5 Å². The van der Waals surface area contributed by atoms with Crippen LogP contribution in [0.5, 0.6) is 0 Å². The third-order valence-corrected chi connectivity index (χ3v) is 1.87. The van der Waals surface area contributed by atoms with Crippen LogP contribution in [-0.4, -0.2) is 45.1 Å². The van der Waals surface area contributed by atoms with E-state index in [0.717, 1.165) is 5.56 Å². The van der Waals surface area contributed by atoms with E-state index in [1.807, 2.05) is 0 Å². The minimum absolute atomic E-state index is 0.279. The van der Waals surface area contributed by atoms with E-state index in [0.29, 0.717) is 0 Å². The van der Waals surface area contributed by atoms with Gasteiger partial charge in [-0.05, 0) is 17.7 Å². The molecule has 86 valence electrons. The number of rotatable bonds is 6. The van der Waals surface area contributed by atoms with Gasteiger partial charge in [-0.2, -0.15) is 0 Å². The molecule has 2 N–H and O–H groups in total. The Balaban J connectivity index is 2.63. The fourth-order valence-corrected chi connectivity index (χ4v) is 1.30. The zero-order chi connectivity index (χ0) is 12.0. The van der Waals surface area contributed by atoms with Crippen molar-refractivity contribution in [1.82, 2.24) is 9.88 Å². The van der Waals surface area contributed by atoms with Gasteiger partial charge in [0, 0.05) is 18.9 Å². The largest absolute Gasteiger partial charge is 0.480 e. The Hall–Kier alpha value is -1.95. The topological polar surface area (TPSA) is 90.7 Å². The van der Waals surface area contributed by atoms with E-state index < -0.39 is 11.9 Å². The summed E-state index contributed by atoms with van der Waals surface area (Å²) in [4.78, 5) is 26.2. The molecule has 0 aliphatic carbocycles. The molecule has 0 aliphatic heterocycles. The van der Waals surface area contributed by atoms with Crippen molar-refractivity contribution in [3.8, 4) is 0 Å². The Labute approximate surface area is 92.1 Å². The maximum Gasteiger partial charge on any atom is 0.317 e. The van der Waals surface area contributed by atoms with E-state index >= 15 is 0 Å². The molecule has 0 amide bonds. The molecule has 0 aromatic carbocycles. The molecule has 0 atom stereocenters. The Morgan fingerprint density at radius 3 is 2.06 bits per heavy atom. The SMILES string of the molecule is O=C(O)CN(CC(=O)O)Cc1ccncc1. The minimum Gasteiger partial charge on any atom is -0.480 e. The van der Waals surface area contributed by atoms with E-state index in [-0.39, 0.29) is 19.6 Å². The number of aromatic nitrogens is 1. The third-order valence-electron chi connectivity index (χ3n) is 1.87. The molecule has 16 heavy (non-hydrogen) atoms. The summed E-state index contributed by atoms with van der Waals surface area (Å²) in [6.45, 7) is -0.315. The molecule has 6 heteroatoms. The van der Waals surface area contributed by atoms with Crippen molar-refractivity contribution in [3.63, 3.8) is 0 Å². The van der Waals surface area contributed by atoms with Crippen LogP contribution in [0.25, 0.3) is 0 Å². The van der Waals surface area contributed by atoms with Gasteiger partial charge < -0.3 is 10.2 Å². The summed E-state index contributed by atoms with van der Waals surface area (Å²) >= 11 is 0. The molecule has 0 saturated heterocycles. The van der Waals surface area contributed by atoms with Gasteiger partial charge in [-0.3, -0.25) is 19.5 Å². The van der Waals surface area contributed by atoms with Crippen molar-refractivity contribution >= 4 is 11.9 Å². The van der Waals surface area contributed by atoms with Gasteiger partial charge in [0.1, 0.15) is 0 Å². The van der Waals surface area contributed by atoms with Gasteiger partial charge in [0.2, 0.25) is 0 Å². The van der Waals surface area contributed by atoms with Crippen molar-refractivity contribution in [2.75, 3.05) is 13.1 Å². The lowest BCUT2D eigenvalue weighted by Gasteiger charge is -2.17. The van der Waals surface area contributed by atoms with Gasteiger partial charge in [0.05, 0.1) is 13.1 Å². The minimum atomic E-state index is -1.05. The number of nitrogens with zero attached hydrogens (tertiary/aromatic N) is 2. The molecule has 0 saturated carbocycles. The predicted octanol–water partition coefficient (Wildman–Crippen LogP) is 0.0528. The van der Waals surface area contributed by atoms with E-state index in [1.165, 1.54) is 4.90 Å². The molecule has 0 bridgehead atoms. The van der Waals surface area contributed by atoms with Gasteiger partial charge in [0.25, 0.3) is 0 Å². The number of pyridine rings is 1. The van der Waals surface area contributed by atoms with Crippen LogP contribution in [0.1, 0.15) is 5.56 Å². The normalized spacial score (nSPS) is 10.3. The first-order chi connectivity index (χ1) is 7.58. The average Bonchev–Trinajstić information content (AvgIpc) is 2.16. The number of aliphatic carboxylic acids is 2. The van der Waals surface area contributed by atoms with Crippen molar-refractivity contribution in [1.29, 1.82) is 0 Å². The van der Waals surface area contributed by atoms with Gasteiger partial charge in [-0.1, -0.05) is 0 Å². The van der Waals surface area contributed by atoms with Crippen LogP contribution in [0.15, 0.2) is 24.5 Å². The van der Waals surface area contributed by atoms with Crippen LogP contribution >= 0.6 is 0 Å². The monoisotopic (exact) mass is 224 g/mol. The lowest BCUT2D eigenvalue weighted by Crippen LogP contribution is -2.33. The third kappa shape index (κ3) is 4.52. The van der Waals surface area contributed by atoms with E-state index in [2.05, 4.69) is 4.98 Å². The highest BCUT2D eigenvalue weighted by molar-refractivity contribution is 5.72. The molecular formula is C10H12N2O4. The van der Waals surface area contributed by atoms with E-state index in [4.69, 9.17) is 10.2 Å². The Kier molecular flexibility index (Phi) is 4.41. The maximum absolute atomic E-state index is 10.5. The summed E-state index contributed by atoms with van der Waals surface area (Å²) in [5.74, 6) is -2.09. The summed E-state index contributed by atoms with van der Waals surface area (Å²) in [5, 5.41) is 17.3. The maximum atomic E-state index is 10.5. The smallest absolute Gasteiger partial charge is 0.317 e. The van der Waals surface area contributed by atoms with Gasteiger partial charge >= 0.3 is 11.9 Å². The van der Waals surface area contributed by atoms with Crippen molar-refractivity contribution < 1.29 is 19.8 Å². The van der Waals surface area contributed by atoms with Crippen LogP contribution in [0.3, 0.4) is 0 Å². The lowest BCUT2D eigenvalue weighted by molar-refractivity contribution is -0.142. The zero-order valence-corrected chi connectivity index (χ0v) is 8.54. The second kappa shape index (κ2) is 5.82. The highest BCUT2D eigenvalue weighted by Gasteiger charge is 2.13. The van der Waals surface area contributed by atoms with Gasteiger partial charge in [-0.15, -0.1) is 0 Å². The summed E-state index contributed by atoms with van der Waals surface area (Å²) in [5.41, 5.74) is 0.831. The second-order valence-electron chi connectivity index (χ2n) is 3.29. The highest BCUT2D eigenvalue weighted by Crippen LogP contribution is 2.02. The molecule has 0 spiro atoms. The Bertz CT molecular complexity index is 350. The summed E-state index contributed by atoms with van der Waals surface area (Å²) < 4.78 is 0. The van der Waals surface area contributed by atoms with Crippen molar-refractivity contribution in [3.05, 3.63) is 30.1 Å². The average molecular weight is 224 g/mol. The zero-order valence-electron chi connectivity index (χ0n) is 8.54. The number of carboxylic acid groups (broad SMARTS) is 2. The molecule has 6 nitrogen and oxygen atoms in total. The summed E-state index contributed by atoms with van der Waals surface area (Å²) in [7, 11) is 0. The summed E-state index contributed by atoms with van der Waals surface area (Å²) in [6, 6.07) is 3.44. The molecule has 0 radical (unpaired) electrons. The van der Waals surface area contributed by atoms with Crippen LogP contribution < -0.4 is 0 Å². The number of carboxylic acids is 2. The number of carbonyl (C=O) groups is 2. The van der Waals surface area contributed by atoms with Crippen molar-refractivity contribution in [2.45, 2.75) is 6.54 Å². The molecular weight excluding hydrogens is 212 g/mol. The van der Waals surface area contributed by atoms with Crippen LogP contribution in [0.2, 0.25) is 0 Å². The molecule has 1 heterocycles. The molecule has 0 aliphatic rings. The molecule has 0 fully saturated rings. The fourth-order valence-electron chi connectivity index (χ4n) is 1.30. The molecule has 1 rings (SSSR count). The molecule has 0 unspecified atom stereocenters. The highest BCUT2D eigenvalue weighted by atomic mass is 16.4. The van der Waals surface area contributed by atoms with Gasteiger partial charge in [-0.25, -0.2) is 0 Å². The fraction of sp³-hybridized carbons (Fsp3) is 0.300. The standard InChI is InChI=1S/C10H12N2O4/c13-9(14)6-12(7-10(15)16)5-8-1-3-11-4-2-8/h1-4H,5-7H2,(H,13,14)(H,15,16). The second-order valence-corrected chi connectivity index (χ2v) is 3.29. The summed E-state index contributed by atoms with van der Waals surface area (Å²) in [6.07, 6.45) is 3.16. The van der Waals surface area contributed by atoms with E-state index in [9.17, 15) is 9.59 Å². The first-order valence-electron chi connectivity index (χ1n) is 4.63. The van der Waals surface area contributed by atoms with Crippen LogP contribution in [-0.2, 0) is 16.1 Å². The Morgan fingerprint density at radius 1 is 1.12 bits per heavy atom. The van der Waals surface area contributed by atoms with Crippen LogP contribution in [0.4, 0.5) is 0 Å². The lowest BCUT2D eigenvalue weighted by atomic mass is 10.2. The molecule has 1 aromatic rings. The van der Waals surface area contributed by atoms with Crippen LogP contribution in [0, 0.1) is 0 Å². The predicted molar refractivity (Wildman–Crippen MR) is 54.8 cm³/mol. The van der Waals surface area contributed by atoms with Crippen molar-refractivity contribution in [2.24, 2.45) is 0 Å². The number of hydrogen-bond acceptors (Lipinski definition) is 4. The first kappa shape index (κ1) is 12.1. The Morgan fingerprint density at radius 2 is 1.62 bits per heavy atom. The quantitative estimate of drug-likeness (QED) is 0.709. The number of hydrogen-bond donors (Lipinski definition) is 2. The van der Waals surface area contributed by atoms with Gasteiger partial charge in [0.15, 0.2) is 0 Å². The first-order valence-corrected chi connectivity index (χ1v) is 4.63. The molecule has 1 aromatic heterocycles.